The van der Waals surface area contributed by atoms with Gasteiger partial charge in [-0.15, -0.1) is 0 Å². The number of aliphatic imine (C=N–C) groups is 1. The van der Waals surface area contributed by atoms with Crippen LogP contribution in [-0.2, 0) is 9.47 Å². The van der Waals surface area contributed by atoms with Crippen molar-refractivity contribution in [3.63, 3.8) is 0 Å². The first-order valence-electron chi connectivity index (χ1n) is 8.38. The first-order chi connectivity index (χ1) is 12.0. The highest BCUT2D eigenvalue weighted by Gasteiger charge is 2.23. The predicted octanol–water partition coefficient (Wildman–Crippen LogP) is 3.75. The first kappa shape index (κ1) is 19.3. The Labute approximate surface area is 154 Å². The number of nitrogens with one attached hydrogen (secondary N) is 1. The van der Waals surface area contributed by atoms with Crippen LogP contribution in [-0.4, -0.2) is 25.6 Å². The Morgan fingerprint density at radius 1 is 1.44 bits per heavy atom. The average molecular weight is 364 g/mol. The van der Waals surface area contributed by atoms with E-state index in [4.69, 9.17) is 26.8 Å². The Kier molecular flexibility index (Phi) is 7.34. The summed E-state index contributed by atoms with van der Waals surface area (Å²) in [6.07, 6.45) is 4.90. The number of amidine groups is 1. The van der Waals surface area contributed by atoms with Gasteiger partial charge in [-0.25, -0.2) is 0 Å². The van der Waals surface area contributed by atoms with Gasteiger partial charge in [-0.05, 0) is 38.3 Å². The number of benzene rings is 1. The molecule has 2 atom stereocenters. The second-order valence-corrected chi connectivity index (χ2v) is 6.53. The van der Waals surface area contributed by atoms with Gasteiger partial charge in [0.15, 0.2) is 0 Å². The number of hydrogen-bond acceptors (Lipinski definition) is 4. The van der Waals surface area contributed by atoms with Gasteiger partial charge in [0.25, 0.3) is 0 Å². The summed E-state index contributed by atoms with van der Waals surface area (Å²) in [5, 5.41) is 3.35. The van der Waals surface area contributed by atoms with Crippen molar-refractivity contribution in [2.45, 2.75) is 38.4 Å². The van der Waals surface area contributed by atoms with Gasteiger partial charge in [0, 0.05) is 12.6 Å². The Bertz CT molecular complexity index is 637. The van der Waals surface area contributed by atoms with Crippen molar-refractivity contribution in [2.75, 3.05) is 13.7 Å². The molecule has 0 unspecified atom stereocenters. The summed E-state index contributed by atoms with van der Waals surface area (Å²) in [4.78, 5) is 4.20. The molecular formula is C19H26ClN3O2. The normalized spacial score (nSPS) is 21.7. The van der Waals surface area contributed by atoms with Gasteiger partial charge in [0.1, 0.15) is 11.0 Å². The van der Waals surface area contributed by atoms with Crippen LogP contribution in [0.2, 0.25) is 0 Å². The van der Waals surface area contributed by atoms with Gasteiger partial charge in [0.2, 0.25) is 5.88 Å². The molecule has 3 N–H and O–H groups in total. The number of aryl methyl sites for hydroxylation is 1. The zero-order chi connectivity index (χ0) is 18.2. The predicted molar refractivity (Wildman–Crippen MR) is 102 cm³/mol. The summed E-state index contributed by atoms with van der Waals surface area (Å²) in [5.74, 6) is 0.777. The third kappa shape index (κ3) is 6.44. The van der Waals surface area contributed by atoms with Crippen LogP contribution in [0.25, 0.3) is 0 Å². The van der Waals surface area contributed by atoms with E-state index in [1.807, 2.05) is 0 Å². The molecule has 1 aliphatic rings. The molecule has 1 aromatic rings. The summed E-state index contributed by atoms with van der Waals surface area (Å²) in [7, 11) is 1.51. The molecule has 6 heteroatoms. The second kappa shape index (κ2) is 9.49. The summed E-state index contributed by atoms with van der Waals surface area (Å²) in [6, 6.07) is 8.52. The van der Waals surface area contributed by atoms with Gasteiger partial charge in [-0.1, -0.05) is 41.4 Å². The molecule has 136 valence electrons. The standard InChI is InChI=1S/C19H26ClN3O2/c1-13-7-9-15(10-8-13)17-6-4-5-16(25-17)12-22-19(11-18(20)21)23-14(2)24-3/h7-11,16-17H,2,4-6,12,21H2,1,3H3,(H,22,23)/b18-11-/t16-,17+/m1/s1. The first-order valence-corrected chi connectivity index (χ1v) is 8.76. The van der Waals surface area contributed by atoms with E-state index in [2.05, 4.69) is 48.1 Å². The van der Waals surface area contributed by atoms with E-state index in [0.717, 1.165) is 19.3 Å². The Balaban J connectivity index is 1.96. The molecule has 0 aliphatic carbocycles. The second-order valence-electron chi connectivity index (χ2n) is 6.09. The third-order valence-corrected chi connectivity index (χ3v) is 4.17. The largest absolute Gasteiger partial charge is 0.481 e. The van der Waals surface area contributed by atoms with Crippen molar-refractivity contribution in [2.24, 2.45) is 10.7 Å². The lowest BCUT2D eigenvalue weighted by Crippen LogP contribution is -2.36. The smallest absolute Gasteiger partial charge is 0.207 e. The molecule has 1 heterocycles. The molecular weight excluding hydrogens is 338 g/mol. The zero-order valence-corrected chi connectivity index (χ0v) is 15.6. The maximum absolute atomic E-state index is 6.24. The number of nitrogens with zero attached hydrogens (tertiary/aromatic N) is 1. The summed E-state index contributed by atoms with van der Waals surface area (Å²) < 4.78 is 11.2. The maximum Gasteiger partial charge on any atom is 0.207 e. The van der Waals surface area contributed by atoms with Gasteiger partial charge in [0.05, 0.1) is 19.3 Å². The van der Waals surface area contributed by atoms with Crippen LogP contribution in [0.1, 0.15) is 36.5 Å². The van der Waals surface area contributed by atoms with Crippen LogP contribution < -0.4 is 11.1 Å². The van der Waals surface area contributed by atoms with E-state index in [-0.39, 0.29) is 23.2 Å². The van der Waals surface area contributed by atoms with Gasteiger partial charge >= 0.3 is 0 Å². The quantitative estimate of drug-likeness (QED) is 0.349. The fourth-order valence-electron chi connectivity index (χ4n) is 2.73. The molecule has 1 aromatic carbocycles. The molecule has 1 saturated heterocycles. The summed E-state index contributed by atoms with van der Waals surface area (Å²) in [6.45, 7) is 6.38. The van der Waals surface area contributed by atoms with Crippen LogP contribution in [0.15, 0.2) is 53.0 Å². The van der Waals surface area contributed by atoms with Gasteiger partial charge < -0.3 is 20.5 Å². The average Bonchev–Trinajstić information content (AvgIpc) is 2.60. The van der Waals surface area contributed by atoms with Crippen molar-refractivity contribution in [1.29, 1.82) is 0 Å². The number of ether oxygens (including phenoxy) is 2. The molecule has 25 heavy (non-hydrogen) atoms. The van der Waals surface area contributed by atoms with Crippen molar-refractivity contribution < 1.29 is 9.47 Å². The molecule has 0 radical (unpaired) electrons. The highest BCUT2D eigenvalue weighted by atomic mass is 35.5. The lowest BCUT2D eigenvalue weighted by atomic mass is 9.97. The SMILES string of the molecule is C=C(/N=C(\C=C(/N)Cl)NC[C@H]1CCC[C@@H](c2ccc(C)cc2)O1)OC. The summed E-state index contributed by atoms with van der Waals surface area (Å²) >= 11 is 5.75. The number of halogens is 1. The van der Waals surface area contributed by atoms with Crippen LogP contribution in [0.5, 0.6) is 0 Å². The Morgan fingerprint density at radius 2 is 2.16 bits per heavy atom. The van der Waals surface area contributed by atoms with E-state index in [1.165, 1.54) is 24.3 Å². The van der Waals surface area contributed by atoms with Gasteiger partial charge in [-0.3, -0.25) is 0 Å². The fourth-order valence-corrected chi connectivity index (χ4v) is 2.83. The topological polar surface area (TPSA) is 68.9 Å². The van der Waals surface area contributed by atoms with E-state index >= 15 is 0 Å². The zero-order valence-electron chi connectivity index (χ0n) is 14.8. The third-order valence-electron chi connectivity index (χ3n) is 4.06. The molecule has 0 amide bonds. The monoisotopic (exact) mass is 363 g/mol. The van der Waals surface area contributed by atoms with E-state index in [1.54, 1.807) is 0 Å². The molecule has 5 nitrogen and oxygen atoms in total. The Hall–Kier alpha value is -1.98. The molecule has 0 spiro atoms. The molecule has 0 saturated carbocycles. The van der Waals surface area contributed by atoms with E-state index in [9.17, 15) is 0 Å². The minimum Gasteiger partial charge on any atom is -0.481 e. The maximum atomic E-state index is 6.24. The number of rotatable bonds is 6. The lowest BCUT2D eigenvalue weighted by Gasteiger charge is -2.31. The number of hydrogen-bond donors (Lipinski definition) is 2. The van der Waals surface area contributed by atoms with E-state index < -0.39 is 0 Å². The Morgan fingerprint density at radius 3 is 2.80 bits per heavy atom. The van der Waals surface area contributed by atoms with Crippen molar-refractivity contribution in [3.8, 4) is 0 Å². The minimum absolute atomic E-state index is 0.0889. The molecule has 1 aliphatic heterocycles. The van der Waals surface area contributed by atoms with Crippen LogP contribution >= 0.6 is 11.6 Å². The summed E-state index contributed by atoms with van der Waals surface area (Å²) in [5.41, 5.74) is 8.01. The van der Waals surface area contributed by atoms with Crippen molar-refractivity contribution >= 4 is 17.4 Å². The van der Waals surface area contributed by atoms with Crippen LogP contribution in [0.3, 0.4) is 0 Å². The number of methoxy groups -OCH3 is 1. The van der Waals surface area contributed by atoms with Crippen LogP contribution in [0, 0.1) is 6.92 Å². The molecule has 0 bridgehead atoms. The highest BCUT2D eigenvalue weighted by molar-refractivity contribution is 6.30. The van der Waals surface area contributed by atoms with Crippen molar-refractivity contribution in [3.05, 3.63) is 59.1 Å². The van der Waals surface area contributed by atoms with Crippen LogP contribution in [0.4, 0.5) is 0 Å². The molecule has 0 aromatic heterocycles. The molecule has 2 rings (SSSR count). The minimum atomic E-state index is 0.0889. The number of nitrogens with two attached hydrogens (primary N) is 1. The van der Waals surface area contributed by atoms with E-state index in [0.29, 0.717) is 12.4 Å². The molecule has 1 fully saturated rings. The van der Waals surface area contributed by atoms with Crippen molar-refractivity contribution in [1.82, 2.24) is 5.32 Å². The fraction of sp³-hybridized carbons (Fsp3) is 0.421. The van der Waals surface area contributed by atoms with Gasteiger partial charge in [-0.2, -0.15) is 4.99 Å². The lowest BCUT2D eigenvalue weighted by molar-refractivity contribution is -0.0481. The highest BCUT2D eigenvalue weighted by Crippen LogP contribution is 2.31.